The molecule has 2 aliphatic heterocycles. The topological polar surface area (TPSA) is 90.2 Å². The third-order valence-corrected chi connectivity index (χ3v) is 8.63. The average molecular weight is 537 g/mol. The number of rotatable bonds is 4. The van der Waals surface area contributed by atoms with E-state index < -0.39 is 5.82 Å². The van der Waals surface area contributed by atoms with Crippen molar-refractivity contribution in [3.63, 3.8) is 0 Å². The molecule has 2 aliphatic rings. The van der Waals surface area contributed by atoms with Crippen LogP contribution in [0.15, 0.2) is 18.2 Å². The van der Waals surface area contributed by atoms with Gasteiger partial charge in [0, 0.05) is 48.2 Å². The molecule has 0 spiro atoms. The van der Waals surface area contributed by atoms with Gasteiger partial charge in [-0.05, 0) is 64.4 Å². The zero-order chi connectivity index (χ0) is 26.9. The van der Waals surface area contributed by atoms with Gasteiger partial charge in [0.15, 0.2) is 11.6 Å². The van der Waals surface area contributed by atoms with Gasteiger partial charge in [-0.1, -0.05) is 24.6 Å². The van der Waals surface area contributed by atoms with Crippen molar-refractivity contribution in [1.29, 1.82) is 0 Å². The van der Waals surface area contributed by atoms with Gasteiger partial charge in [-0.2, -0.15) is 10.1 Å². The summed E-state index contributed by atoms with van der Waals surface area (Å²) < 4.78 is 16.8. The quantitative estimate of drug-likeness (QED) is 0.369. The molecule has 0 amide bonds. The van der Waals surface area contributed by atoms with E-state index in [0.29, 0.717) is 50.6 Å². The number of nitrogens with zero attached hydrogens (tertiary/aromatic N) is 6. The number of nitrogens with one attached hydrogen (secondary N) is 1. The van der Waals surface area contributed by atoms with Gasteiger partial charge >= 0.3 is 0 Å². The van der Waals surface area contributed by atoms with Crippen LogP contribution in [0.5, 0.6) is 0 Å². The van der Waals surface area contributed by atoms with Gasteiger partial charge < -0.3 is 20.4 Å². The van der Waals surface area contributed by atoms with Crippen LogP contribution in [0.2, 0.25) is 5.02 Å². The molecule has 10 heteroatoms. The van der Waals surface area contributed by atoms with Crippen LogP contribution in [-0.2, 0) is 0 Å². The molecule has 4 heterocycles. The molecule has 0 unspecified atom stereocenters. The van der Waals surface area contributed by atoms with E-state index in [1.165, 1.54) is 6.42 Å². The predicted octanol–water partition coefficient (Wildman–Crippen LogP) is 5.23. The summed E-state index contributed by atoms with van der Waals surface area (Å²) in [5.41, 5.74) is 9.02. The molecule has 4 aromatic rings. The summed E-state index contributed by atoms with van der Waals surface area (Å²) in [5, 5.41) is 8.69. The van der Waals surface area contributed by atoms with Gasteiger partial charge in [-0.25, -0.2) is 9.37 Å². The SMILES string of the molecule is Cc1ccc2[nH]nc(N)c2c1-c1c(Cl)cc2c(N3C[C@@H](C)CC[C@@H]3C)nc(N3CC(N(C)C)C3)nc2c1F. The highest BCUT2D eigenvalue weighted by Crippen LogP contribution is 2.44. The number of anilines is 3. The molecule has 0 aliphatic carbocycles. The molecule has 3 N–H and O–H groups in total. The van der Waals surface area contributed by atoms with Gasteiger partial charge in [0.1, 0.15) is 11.3 Å². The van der Waals surface area contributed by atoms with Gasteiger partial charge in [-0.3, -0.25) is 5.10 Å². The molecule has 0 radical (unpaired) electrons. The zero-order valence-electron chi connectivity index (χ0n) is 22.5. The summed E-state index contributed by atoms with van der Waals surface area (Å²) in [7, 11) is 4.15. The van der Waals surface area contributed by atoms with Crippen LogP contribution in [0.1, 0.15) is 32.3 Å². The second-order valence-corrected chi connectivity index (χ2v) is 11.7. The van der Waals surface area contributed by atoms with Crippen molar-refractivity contribution >= 4 is 51.0 Å². The molecule has 2 atom stereocenters. The number of hydrogen-bond donors (Lipinski definition) is 2. The normalized spacial score (nSPS) is 20.6. The minimum Gasteiger partial charge on any atom is -0.382 e. The lowest BCUT2D eigenvalue weighted by Gasteiger charge is -2.43. The Balaban J connectivity index is 1.60. The molecular formula is C28H34ClFN8. The Bertz CT molecular complexity index is 1540. The second kappa shape index (κ2) is 9.24. The first-order chi connectivity index (χ1) is 18.1. The first-order valence-electron chi connectivity index (χ1n) is 13.2. The van der Waals surface area contributed by atoms with Crippen molar-refractivity contribution in [3.8, 4) is 11.1 Å². The molecule has 2 aromatic carbocycles. The van der Waals surface area contributed by atoms with Crippen molar-refractivity contribution in [1.82, 2.24) is 25.1 Å². The highest BCUT2D eigenvalue weighted by Gasteiger charge is 2.34. The number of piperidine rings is 1. The van der Waals surface area contributed by atoms with E-state index in [2.05, 4.69) is 52.8 Å². The van der Waals surface area contributed by atoms with E-state index >= 15 is 4.39 Å². The standard InChI is InChI=1S/C28H34ClFN8/c1-14-6-8-16(3)38(11-14)27-18-10-19(29)22(21-15(2)7-9-20-23(21)26(31)35-34-20)24(30)25(18)32-28(33-27)37-12-17(13-37)36(4)5/h7,9-10,14,16-17H,6,8,11-13H2,1-5H3,(H3,31,34,35)/t14-,16-/m0/s1. The fraction of sp³-hybridized carbons (Fsp3) is 0.464. The number of aryl methyl sites for hydroxylation is 1. The van der Waals surface area contributed by atoms with Crippen molar-refractivity contribution < 1.29 is 4.39 Å². The molecule has 6 rings (SSSR count). The Morgan fingerprint density at radius 2 is 1.87 bits per heavy atom. The summed E-state index contributed by atoms with van der Waals surface area (Å²) in [6, 6.07) is 6.35. The van der Waals surface area contributed by atoms with Crippen LogP contribution < -0.4 is 15.5 Å². The van der Waals surface area contributed by atoms with Crippen molar-refractivity contribution in [2.75, 3.05) is 49.3 Å². The number of likely N-dealkylation sites (N-methyl/N-ethyl adjacent to an activating group) is 1. The maximum absolute atomic E-state index is 16.8. The first kappa shape index (κ1) is 25.1. The third-order valence-electron chi connectivity index (χ3n) is 8.33. The van der Waals surface area contributed by atoms with Crippen LogP contribution in [0.4, 0.5) is 22.0 Å². The molecular weight excluding hydrogens is 503 g/mol. The van der Waals surface area contributed by atoms with Crippen molar-refractivity contribution in [3.05, 3.63) is 34.6 Å². The van der Waals surface area contributed by atoms with Crippen LogP contribution in [0, 0.1) is 18.7 Å². The fourth-order valence-corrected chi connectivity index (χ4v) is 6.14. The minimum atomic E-state index is -0.462. The molecule has 2 fully saturated rings. The number of aromatic amines is 1. The van der Waals surface area contributed by atoms with Gasteiger partial charge in [0.05, 0.1) is 15.9 Å². The van der Waals surface area contributed by atoms with E-state index in [1.807, 2.05) is 25.1 Å². The third kappa shape index (κ3) is 3.94. The highest BCUT2D eigenvalue weighted by molar-refractivity contribution is 6.35. The number of H-pyrrole nitrogens is 1. The maximum Gasteiger partial charge on any atom is 0.228 e. The van der Waals surface area contributed by atoms with E-state index in [4.69, 9.17) is 27.3 Å². The largest absolute Gasteiger partial charge is 0.382 e. The average Bonchev–Trinajstić information content (AvgIpc) is 3.21. The predicted molar refractivity (Wildman–Crippen MR) is 154 cm³/mol. The fourth-order valence-electron chi connectivity index (χ4n) is 5.85. The van der Waals surface area contributed by atoms with Crippen LogP contribution in [0.3, 0.4) is 0 Å². The summed E-state index contributed by atoms with van der Waals surface area (Å²) in [4.78, 5) is 16.5. The number of fused-ring (bicyclic) bond motifs is 2. The number of halogens is 2. The number of nitrogens with two attached hydrogens (primary N) is 1. The van der Waals surface area contributed by atoms with Crippen molar-refractivity contribution in [2.24, 2.45) is 5.92 Å². The minimum absolute atomic E-state index is 0.279. The number of aromatic nitrogens is 4. The summed E-state index contributed by atoms with van der Waals surface area (Å²) >= 11 is 6.90. The highest BCUT2D eigenvalue weighted by atomic mass is 35.5. The van der Waals surface area contributed by atoms with Gasteiger partial charge in [0.25, 0.3) is 0 Å². The second-order valence-electron chi connectivity index (χ2n) is 11.3. The van der Waals surface area contributed by atoms with Gasteiger partial charge in [0.2, 0.25) is 5.95 Å². The Hall–Kier alpha value is -3.17. The van der Waals surface area contributed by atoms with Crippen LogP contribution in [-0.4, -0.2) is 70.9 Å². The lowest BCUT2D eigenvalue weighted by molar-refractivity contribution is 0.245. The number of hydrogen-bond acceptors (Lipinski definition) is 7. The Labute approximate surface area is 227 Å². The van der Waals surface area contributed by atoms with E-state index in [-0.39, 0.29) is 11.6 Å². The zero-order valence-corrected chi connectivity index (χ0v) is 23.3. The Morgan fingerprint density at radius 3 is 2.61 bits per heavy atom. The molecule has 2 saturated heterocycles. The van der Waals surface area contributed by atoms with Crippen molar-refractivity contribution in [2.45, 2.75) is 45.7 Å². The molecule has 200 valence electrons. The maximum atomic E-state index is 16.8. The van der Waals surface area contributed by atoms with E-state index in [0.717, 1.165) is 43.0 Å². The van der Waals surface area contributed by atoms with Gasteiger partial charge in [-0.15, -0.1) is 0 Å². The van der Waals surface area contributed by atoms with E-state index in [9.17, 15) is 0 Å². The monoisotopic (exact) mass is 536 g/mol. The molecule has 8 nitrogen and oxygen atoms in total. The summed E-state index contributed by atoms with van der Waals surface area (Å²) in [6.45, 7) is 8.86. The summed E-state index contributed by atoms with van der Waals surface area (Å²) in [6.07, 6.45) is 2.22. The lowest BCUT2D eigenvalue weighted by Crippen LogP contribution is -2.58. The number of nitrogen functional groups attached to an aromatic ring is 1. The Morgan fingerprint density at radius 1 is 1.11 bits per heavy atom. The lowest BCUT2D eigenvalue weighted by atomic mass is 9.93. The molecule has 0 saturated carbocycles. The van der Waals surface area contributed by atoms with E-state index in [1.54, 1.807) is 0 Å². The molecule has 2 aromatic heterocycles. The Kier molecular flexibility index (Phi) is 6.11. The van der Waals surface area contributed by atoms with Crippen LogP contribution >= 0.6 is 11.6 Å². The smallest absolute Gasteiger partial charge is 0.228 e. The summed E-state index contributed by atoms with van der Waals surface area (Å²) in [5.74, 6) is 1.68. The molecule has 38 heavy (non-hydrogen) atoms. The van der Waals surface area contributed by atoms with Crippen LogP contribution in [0.25, 0.3) is 32.9 Å². The molecule has 0 bridgehead atoms. The number of benzene rings is 2. The first-order valence-corrected chi connectivity index (χ1v) is 13.6.